The molecule has 6 heteroatoms. The van der Waals surface area contributed by atoms with Crippen molar-refractivity contribution in [3.8, 4) is 0 Å². The minimum atomic E-state index is -1.01. The summed E-state index contributed by atoms with van der Waals surface area (Å²) in [5.74, 6) is -0.908. The van der Waals surface area contributed by atoms with E-state index in [0.29, 0.717) is 18.3 Å². The predicted octanol–water partition coefficient (Wildman–Crippen LogP) is 1.81. The number of nitrogens with zero attached hydrogens (tertiary/aromatic N) is 1. The maximum absolute atomic E-state index is 13.0. The molecule has 0 saturated carbocycles. The zero-order valence-electron chi connectivity index (χ0n) is 14.5. The molecule has 1 unspecified atom stereocenters. The van der Waals surface area contributed by atoms with Crippen LogP contribution < -0.4 is 5.32 Å². The van der Waals surface area contributed by atoms with Gasteiger partial charge in [-0.15, -0.1) is 0 Å². The number of benzene rings is 1. The van der Waals surface area contributed by atoms with Crippen molar-refractivity contribution in [3.05, 3.63) is 34.9 Å². The average molecular weight is 332 g/mol. The van der Waals surface area contributed by atoms with E-state index in [1.807, 2.05) is 26.0 Å². The van der Waals surface area contributed by atoms with Gasteiger partial charge in [-0.3, -0.25) is 19.3 Å². The van der Waals surface area contributed by atoms with Gasteiger partial charge in [0.2, 0.25) is 12.3 Å². The summed E-state index contributed by atoms with van der Waals surface area (Å²) in [6.45, 7) is 5.71. The first kappa shape index (κ1) is 19.5. The molecule has 1 rings (SSSR count). The van der Waals surface area contributed by atoms with Gasteiger partial charge >= 0.3 is 0 Å². The highest BCUT2D eigenvalue weighted by atomic mass is 16.2. The van der Waals surface area contributed by atoms with Gasteiger partial charge in [0.15, 0.2) is 0 Å². The number of amides is 3. The number of carbonyl (C=O) groups excluding carboxylic acids is 4. The Morgan fingerprint density at radius 1 is 1.25 bits per heavy atom. The zero-order valence-corrected chi connectivity index (χ0v) is 14.5. The monoisotopic (exact) mass is 332 g/mol. The number of likely N-dealkylation sites (N-methyl/N-ethyl adjacent to an activating group) is 1. The van der Waals surface area contributed by atoms with Gasteiger partial charge in [-0.25, -0.2) is 0 Å². The Kier molecular flexibility index (Phi) is 7.30. The fraction of sp³-hybridized carbons (Fsp3) is 0.444. The molecule has 0 fully saturated rings. The summed E-state index contributed by atoms with van der Waals surface area (Å²) in [5.41, 5.74) is 1.99. The van der Waals surface area contributed by atoms with E-state index in [-0.39, 0.29) is 18.8 Å². The number of rotatable bonds is 8. The third-order valence-corrected chi connectivity index (χ3v) is 3.93. The van der Waals surface area contributed by atoms with Crippen LogP contribution in [0.5, 0.6) is 0 Å². The number of hydrogen-bond acceptors (Lipinski definition) is 4. The molecule has 0 aliphatic heterocycles. The van der Waals surface area contributed by atoms with Crippen molar-refractivity contribution in [2.75, 3.05) is 7.05 Å². The van der Waals surface area contributed by atoms with Crippen LogP contribution in [0.15, 0.2) is 18.2 Å². The second-order valence-corrected chi connectivity index (χ2v) is 5.89. The lowest BCUT2D eigenvalue weighted by molar-refractivity contribution is -0.131. The smallest absolute Gasteiger partial charge is 0.261 e. The third kappa shape index (κ3) is 4.28. The van der Waals surface area contributed by atoms with Crippen LogP contribution in [-0.4, -0.2) is 42.5 Å². The fourth-order valence-electron chi connectivity index (χ4n) is 2.64. The average Bonchev–Trinajstić information content (AvgIpc) is 2.57. The molecule has 0 aliphatic carbocycles. The first-order valence-corrected chi connectivity index (χ1v) is 7.91. The predicted molar refractivity (Wildman–Crippen MR) is 90.7 cm³/mol. The minimum absolute atomic E-state index is 0.0838. The molecule has 24 heavy (non-hydrogen) atoms. The minimum Gasteiger partial charge on any atom is -0.357 e. The summed E-state index contributed by atoms with van der Waals surface area (Å²) in [6, 6.07) is 4.48. The van der Waals surface area contributed by atoms with Crippen molar-refractivity contribution in [2.45, 2.75) is 45.6 Å². The van der Waals surface area contributed by atoms with Crippen LogP contribution in [-0.2, 0) is 14.4 Å². The molecule has 3 amide bonds. The van der Waals surface area contributed by atoms with E-state index in [0.717, 1.165) is 16.0 Å². The van der Waals surface area contributed by atoms with Crippen molar-refractivity contribution in [1.82, 2.24) is 10.2 Å². The van der Waals surface area contributed by atoms with Crippen LogP contribution in [0.4, 0.5) is 0 Å². The number of aryl methyl sites for hydroxylation is 1. The molecule has 1 N–H and O–H groups in total. The van der Waals surface area contributed by atoms with Crippen molar-refractivity contribution in [2.24, 2.45) is 0 Å². The van der Waals surface area contributed by atoms with E-state index in [2.05, 4.69) is 5.32 Å². The maximum atomic E-state index is 13.0. The Bertz CT molecular complexity index is 625. The SMILES string of the molecule is CNC(=O)C(CCC=O)N(C=O)C(=O)c1c(C)cccc1C(C)C. The lowest BCUT2D eigenvalue weighted by atomic mass is 9.92. The van der Waals surface area contributed by atoms with Gasteiger partial charge in [0.25, 0.3) is 5.91 Å². The normalized spacial score (nSPS) is 11.7. The van der Waals surface area contributed by atoms with Gasteiger partial charge in [-0.2, -0.15) is 0 Å². The molecule has 0 aromatic heterocycles. The summed E-state index contributed by atoms with van der Waals surface area (Å²) < 4.78 is 0. The quantitative estimate of drug-likeness (QED) is 0.736. The first-order valence-electron chi connectivity index (χ1n) is 7.91. The molecule has 6 nitrogen and oxygen atoms in total. The molecule has 1 aromatic carbocycles. The molecular formula is C18H24N2O4. The van der Waals surface area contributed by atoms with E-state index in [1.165, 1.54) is 7.05 Å². The Hall–Kier alpha value is -2.50. The van der Waals surface area contributed by atoms with Crippen LogP contribution in [0.2, 0.25) is 0 Å². The van der Waals surface area contributed by atoms with Crippen molar-refractivity contribution < 1.29 is 19.2 Å². The molecule has 0 aliphatic rings. The maximum Gasteiger partial charge on any atom is 0.261 e. The highest BCUT2D eigenvalue weighted by Crippen LogP contribution is 2.24. The van der Waals surface area contributed by atoms with Gasteiger partial charge in [-0.1, -0.05) is 32.0 Å². The summed E-state index contributed by atoms with van der Waals surface area (Å²) in [6.07, 6.45) is 1.21. The van der Waals surface area contributed by atoms with Crippen LogP contribution >= 0.6 is 0 Å². The summed E-state index contributed by atoms with van der Waals surface area (Å²) in [7, 11) is 1.43. The Labute approximate surface area is 142 Å². The van der Waals surface area contributed by atoms with Crippen LogP contribution in [0.1, 0.15) is 54.1 Å². The fourth-order valence-corrected chi connectivity index (χ4v) is 2.64. The lowest BCUT2D eigenvalue weighted by Gasteiger charge is -2.27. The van der Waals surface area contributed by atoms with E-state index >= 15 is 0 Å². The molecular weight excluding hydrogens is 308 g/mol. The van der Waals surface area contributed by atoms with Crippen molar-refractivity contribution in [3.63, 3.8) is 0 Å². The van der Waals surface area contributed by atoms with Crippen LogP contribution in [0, 0.1) is 6.92 Å². The molecule has 0 spiro atoms. The topological polar surface area (TPSA) is 83.6 Å². The second kappa shape index (κ2) is 8.96. The van der Waals surface area contributed by atoms with Crippen molar-refractivity contribution in [1.29, 1.82) is 0 Å². The summed E-state index contributed by atoms with van der Waals surface area (Å²) >= 11 is 0. The molecule has 0 bridgehead atoms. The van der Waals surface area contributed by atoms with Crippen LogP contribution in [0.25, 0.3) is 0 Å². The highest BCUT2D eigenvalue weighted by Gasteiger charge is 2.31. The molecule has 0 radical (unpaired) electrons. The zero-order chi connectivity index (χ0) is 18.3. The largest absolute Gasteiger partial charge is 0.357 e. The molecule has 130 valence electrons. The number of carbonyl (C=O) groups is 4. The Balaban J connectivity index is 3.33. The summed E-state index contributed by atoms with van der Waals surface area (Å²) in [4.78, 5) is 48.2. The molecule has 0 heterocycles. The number of nitrogens with one attached hydrogen (secondary N) is 1. The van der Waals surface area contributed by atoms with Gasteiger partial charge in [0.1, 0.15) is 12.3 Å². The first-order chi connectivity index (χ1) is 11.4. The van der Waals surface area contributed by atoms with Gasteiger partial charge < -0.3 is 10.1 Å². The van der Waals surface area contributed by atoms with E-state index in [1.54, 1.807) is 13.0 Å². The van der Waals surface area contributed by atoms with Crippen LogP contribution in [0.3, 0.4) is 0 Å². The Morgan fingerprint density at radius 2 is 1.92 bits per heavy atom. The third-order valence-electron chi connectivity index (χ3n) is 3.93. The summed E-state index contributed by atoms with van der Waals surface area (Å²) in [5, 5.41) is 2.44. The van der Waals surface area contributed by atoms with Gasteiger partial charge in [-0.05, 0) is 30.4 Å². The van der Waals surface area contributed by atoms with E-state index in [4.69, 9.17) is 0 Å². The Morgan fingerprint density at radius 3 is 2.42 bits per heavy atom. The molecule has 0 saturated heterocycles. The highest BCUT2D eigenvalue weighted by molar-refractivity contribution is 6.05. The molecule has 1 aromatic rings. The van der Waals surface area contributed by atoms with E-state index in [9.17, 15) is 19.2 Å². The number of imide groups is 1. The lowest BCUT2D eigenvalue weighted by Crippen LogP contribution is -2.48. The van der Waals surface area contributed by atoms with Crippen molar-refractivity contribution >= 4 is 24.5 Å². The second-order valence-electron chi connectivity index (χ2n) is 5.89. The van der Waals surface area contributed by atoms with Gasteiger partial charge in [0.05, 0.1) is 0 Å². The number of aldehydes is 1. The van der Waals surface area contributed by atoms with E-state index < -0.39 is 17.9 Å². The number of hydrogen-bond donors (Lipinski definition) is 1. The van der Waals surface area contributed by atoms with Gasteiger partial charge in [0, 0.05) is 19.0 Å². The molecule has 1 atom stereocenters. The standard InChI is InChI=1S/C18H24N2O4/c1-12(2)14-8-5-7-13(3)16(14)18(24)20(11-22)15(9-6-10-21)17(23)19-4/h5,7-8,10-12,15H,6,9H2,1-4H3,(H,19,23).